The second kappa shape index (κ2) is 7.79. The third-order valence-electron chi connectivity index (χ3n) is 6.22. The lowest BCUT2D eigenvalue weighted by Gasteiger charge is -2.30. The lowest BCUT2D eigenvalue weighted by molar-refractivity contribution is -0.0286. The molecule has 1 aliphatic heterocycles. The van der Waals surface area contributed by atoms with Gasteiger partial charge in [-0.2, -0.15) is 10.1 Å². The molecule has 0 amide bonds. The van der Waals surface area contributed by atoms with Crippen LogP contribution >= 0.6 is 0 Å². The Kier molecular flexibility index (Phi) is 4.93. The maximum Gasteiger partial charge on any atom is 0.261 e. The van der Waals surface area contributed by atoms with Crippen LogP contribution in [0, 0.1) is 5.92 Å². The van der Waals surface area contributed by atoms with E-state index in [1.165, 1.54) is 0 Å². The predicted octanol–water partition coefficient (Wildman–Crippen LogP) is 2.90. The molecule has 1 saturated heterocycles. The Hall–Kier alpha value is -3.66. The van der Waals surface area contributed by atoms with Crippen molar-refractivity contribution in [1.82, 2.24) is 34.9 Å². The van der Waals surface area contributed by atoms with Crippen molar-refractivity contribution < 1.29 is 9.26 Å². The van der Waals surface area contributed by atoms with Crippen molar-refractivity contribution in [2.45, 2.75) is 32.2 Å². The van der Waals surface area contributed by atoms with Gasteiger partial charge in [0, 0.05) is 30.4 Å². The lowest BCUT2D eigenvalue weighted by Crippen LogP contribution is -2.31. The molecule has 1 fully saturated rings. The molecule has 0 aliphatic carbocycles. The maximum absolute atomic E-state index is 5.62. The molecular formula is C22H24N8O2. The third kappa shape index (κ3) is 3.42. The first-order valence-electron chi connectivity index (χ1n) is 10.5. The number of anilines is 1. The van der Waals surface area contributed by atoms with E-state index in [1.807, 2.05) is 29.2 Å². The number of hydrogen-bond acceptors (Lipinski definition) is 9. The van der Waals surface area contributed by atoms with Gasteiger partial charge in [-0.15, -0.1) is 0 Å². The van der Waals surface area contributed by atoms with Crippen molar-refractivity contribution in [2.24, 2.45) is 5.92 Å². The molecule has 0 saturated carbocycles. The number of aromatic nitrogens is 7. The van der Waals surface area contributed by atoms with Crippen LogP contribution in [0.1, 0.15) is 38.2 Å². The smallest absolute Gasteiger partial charge is 0.261 e. The van der Waals surface area contributed by atoms with Gasteiger partial charge in [-0.3, -0.25) is 9.67 Å². The highest BCUT2D eigenvalue weighted by Gasteiger charge is 2.38. The Labute approximate surface area is 184 Å². The summed E-state index contributed by atoms with van der Waals surface area (Å²) in [5.41, 5.74) is 8.42. The second-order valence-corrected chi connectivity index (χ2v) is 8.44. The lowest BCUT2D eigenvalue weighted by atomic mass is 9.73. The predicted molar refractivity (Wildman–Crippen MR) is 116 cm³/mol. The van der Waals surface area contributed by atoms with Gasteiger partial charge in [-0.1, -0.05) is 25.1 Å². The third-order valence-corrected chi connectivity index (χ3v) is 6.22. The van der Waals surface area contributed by atoms with Crippen molar-refractivity contribution in [3.63, 3.8) is 0 Å². The number of nitrogens with zero attached hydrogens (tertiary/aromatic N) is 7. The van der Waals surface area contributed by atoms with Crippen molar-refractivity contribution in [3.05, 3.63) is 54.5 Å². The summed E-state index contributed by atoms with van der Waals surface area (Å²) in [4.78, 5) is 17.4. The van der Waals surface area contributed by atoms with Gasteiger partial charge in [-0.05, 0) is 24.5 Å². The zero-order valence-corrected chi connectivity index (χ0v) is 18.1. The number of rotatable bonds is 6. The number of nitrogens with two attached hydrogens (primary N) is 1. The van der Waals surface area contributed by atoms with Crippen LogP contribution in [-0.2, 0) is 10.2 Å². The Morgan fingerprint density at radius 1 is 1.06 bits per heavy atom. The first-order valence-corrected chi connectivity index (χ1v) is 10.5. The standard InChI is InChI=1S/C22H24N8O2/c1-13(2)22(3,16-4-5-18(24-9-16)14-6-25-21(23)26-7-14)20-28-19(32-29-20)15-8-27-30(10-15)17-11-31-12-17/h4-10,13,17H,11-12H2,1-3H3,(H2,23,25,26)/t22-/m1/s1. The molecule has 0 spiro atoms. The van der Waals surface area contributed by atoms with E-state index >= 15 is 0 Å². The second-order valence-electron chi connectivity index (χ2n) is 8.44. The average molecular weight is 432 g/mol. The van der Waals surface area contributed by atoms with Gasteiger partial charge in [0.1, 0.15) is 0 Å². The fourth-order valence-electron chi connectivity index (χ4n) is 3.64. The normalized spacial score (nSPS) is 16.1. The molecule has 10 nitrogen and oxygen atoms in total. The van der Waals surface area contributed by atoms with E-state index in [9.17, 15) is 0 Å². The molecule has 0 bridgehead atoms. The molecule has 0 unspecified atom stereocenters. The van der Waals surface area contributed by atoms with Crippen LogP contribution in [0.2, 0.25) is 0 Å². The fourth-order valence-corrected chi connectivity index (χ4v) is 3.64. The summed E-state index contributed by atoms with van der Waals surface area (Å²) in [6.45, 7) is 7.71. The van der Waals surface area contributed by atoms with E-state index in [1.54, 1.807) is 18.6 Å². The SMILES string of the molecule is CC(C)[C@](C)(c1ccc(-c2cnc(N)nc2)nc1)c1noc(-c2cnn(C3COC3)c2)n1. The Morgan fingerprint density at radius 3 is 2.47 bits per heavy atom. The quantitative estimate of drug-likeness (QED) is 0.488. The van der Waals surface area contributed by atoms with Crippen molar-refractivity contribution in [3.8, 4) is 22.7 Å². The van der Waals surface area contributed by atoms with Gasteiger partial charge in [0.15, 0.2) is 5.82 Å². The highest BCUT2D eigenvalue weighted by molar-refractivity contribution is 5.58. The summed E-state index contributed by atoms with van der Waals surface area (Å²) >= 11 is 0. The van der Waals surface area contributed by atoms with Gasteiger partial charge in [0.2, 0.25) is 5.95 Å². The molecule has 2 N–H and O–H groups in total. The minimum Gasteiger partial charge on any atom is -0.377 e. The van der Waals surface area contributed by atoms with E-state index in [2.05, 4.69) is 46.0 Å². The molecule has 0 aromatic carbocycles. The minimum absolute atomic E-state index is 0.190. The van der Waals surface area contributed by atoms with Crippen LogP contribution in [0.4, 0.5) is 5.95 Å². The zero-order chi connectivity index (χ0) is 22.3. The molecule has 0 radical (unpaired) electrons. The van der Waals surface area contributed by atoms with Gasteiger partial charge in [0.05, 0.1) is 42.1 Å². The molecule has 4 aromatic rings. The monoisotopic (exact) mass is 432 g/mol. The summed E-state index contributed by atoms with van der Waals surface area (Å²) in [5, 5.41) is 8.74. The van der Waals surface area contributed by atoms with E-state index < -0.39 is 5.41 Å². The molecule has 10 heteroatoms. The van der Waals surface area contributed by atoms with Crippen LogP contribution in [0.5, 0.6) is 0 Å². The zero-order valence-electron chi connectivity index (χ0n) is 18.1. The fraction of sp³-hybridized carbons (Fsp3) is 0.364. The first kappa shape index (κ1) is 20.3. The van der Waals surface area contributed by atoms with Crippen LogP contribution in [0.15, 0.2) is 47.6 Å². The molecule has 1 aliphatic rings. The molecule has 5 rings (SSSR count). The summed E-state index contributed by atoms with van der Waals surface area (Å²) < 4.78 is 12.7. The largest absolute Gasteiger partial charge is 0.377 e. The van der Waals surface area contributed by atoms with E-state index in [0.29, 0.717) is 24.9 Å². The summed E-state index contributed by atoms with van der Waals surface area (Å²) in [5.74, 6) is 1.47. The Bertz CT molecular complexity index is 1210. The number of pyridine rings is 1. The van der Waals surface area contributed by atoms with Crippen LogP contribution < -0.4 is 5.73 Å². The average Bonchev–Trinajstić information content (AvgIpc) is 3.43. The highest BCUT2D eigenvalue weighted by atomic mass is 16.5. The molecule has 164 valence electrons. The topological polar surface area (TPSA) is 131 Å². The Balaban J connectivity index is 1.45. The molecule has 1 atom stereocenters. The summed E-state index contributed by atoms with van der Waals surface area (Å²) in [6.07, 6.45) is 8.83. The van der Waals surface area contributed by atoms with E-state index in [4.69, 9.17) is 20.0 Å². The van der Waals surface area contributed by atoms with E-state index in [-0.39, 0.29) is 17.9 Å². The molecular weight excluding hydrogens is 408 g/mol. The van der Waals surface area contributed by atoms with Crippen molar-refractivity contribution >= 4 is 5.95 Å². The van der Waals surface area contributed by atoms with Crippen molar-refractivity contribution in [1.29, 1.82) is 0 Å². The maximum atomic E-state index is 5.62. The molecule has 32 heavy (non-hydrogen) atoms. The molecule has 4 aromatic heterocycles. The van der Waals surface area contributed by atoms with Gasteiger partial charge in [0.25, 0.3) is 5.89 Å². The van der Waals surface area contributed by atoms with Crippen LogP contribution in [0.25, 0.3) is 22.7 Å². The summed E-state index contributed by atoms with van der Waals surface area (Å²) in [6, 6.07) is 4.24. The highest BCUT2D eigenvalue weighted by Crippen LogP contribution is 2.38. The molecule has 5 heterocycles. The number of ether oxygens (including phenoxy) is 1. The Morgan fingerprint density at radius 2 is 1.84 bits per heavy atom. The number of hydrogen-bond donors (Lipinski definition) is 1. The first-order chi connectivity index (χ1) is 15.4. The summed E-state index contributed by atoms with van der Waals surface area (Å²) in [7, 11) is 0. The van der Waals surface area contributed by atoms with Gasteiger partial charge >= 0.3 is 0 Å². The number of nitrogen functional groups attached to an aromatic ring is 1. The van der Waals surface area contributed by atoms with Crippen LogP contribution in [0.3, 0.4) is 0 Å². The van der Waals surface area contributed by atoms with E-state index in [0.717, 1.165) is 22.4 Å². The van der Waals surface area contributed by atoms with Crippen LogP contribution in [-0.4, -0.2) is 48.1 Å². The van der Waals surface area contributed by atoms with Crippen molar-refractivity contribution in [2.75, 3.05) is 18.9 Å². The minimum atomic E-state index is -0.497. The van der Waals surface area contributed by atoms with Gasteiger partial charge in [-0.25, -0.2) is 9.97 Å². The van der Waals surface area contributed by atoms with Gasteiger partial charge < -0.3 is 15.0 Å².